The minimum absolute atomic E-state index is 0.115. The van der Waals surface area contributed by atoms with Gasteiger partial charge in [-0.15, -0.1) is 0 Å². The topological polar surface area (TPSA) is 78.7 Å². The van der Waals surface area contributed by atoms with Crippen LogP contribution in [0.25, 0.3) is 22.0 Å². The van der Waals surface area contributed by atoms with E-state index in [-0.39, 0.29) is 17.5 Å². The number of hydrazone groups is 1. The van der Waals surface area contributed by atoms with Crippen LogP contribution in [-0.2, 0) is 4.79 Å². The molecule has 0 unspecified atom stereocenters. The third kappa shape index (κ3) is 3.34. The summed E-state index contributed by atoms with van der Waals surface area (Å²) < 4.78 is 5.60. The monoisotopic (exact) mass is 425 g/mol. The van der Waals surface area contributed by atoms with Gasteiger partial charge in [-0.1, -0.05) is 48.9 Å². The van der Waals surface area contributed by atoms with Crippen LogP contribution in [-0.4, -0.2) is 21.6 Å². The number of amides is 1. The summed E-state index contributed by atoms with van der Waals surface area (Å²) >= 11 is 0. The molecular formula is C26H23N3O3. The second-order valence-corrected chi connectivity index (χ2v) is 7.99. The number of furan rings is 1. The number of fused-ring (bicyclic) bond motifs is 1. The Morgan fingerprint density at radius 1 is 1.12 bits per heavy atom. The average molecular weight is 425 g/mol. The lowest BCUT2D eigenvalue weighted by atomic mass is 9.91. The highest BCUT2D eigenvalue weighted by Gasteiger charge is 2.36. The highest BCUT2D eigenvalue weighted by molar-refractivity contribution is 6.12. The molecule has 2 aromatic carbocycles. The van der Waals surface area contributed by atoms with Crippen LogP contribution in [0.5, 0.6) is 0 Å². The molecule has 4 aromatic rings. The Hall–Kier alpha value is -3.93. The van der Waals surface area contributed by atoms with Gasteiger partial charge in [-0.25, -0.2) is 5.01 Å². The zero-order valence-electron chi connectivity index (χ0n) is 18.0. The Balaban J connectivity index is 1.76. The van der Waals surface area contributed by atoms with E-state index >= 15 is 0 Å². The highest BCUT2D eigenvalue weighted by atomic mass is 16.3. The second kappa shape index (κ2) is 7.96. The molecule has 3 heterocycles. The smallest absolute Gasteiger partial charge is 0.258 e. The lowest BCUT2D eigenvalue weighted by Gasteiger charge is -2.18. The minimum atomic E-state index is -0.372. The summed E-state index contributed by atoms with van der Waals surface area (Å²) in [5.74, 6) is 0.538. The summed E-state index contributed by atoms with van der Waals surface area (Å²) in [7, 11) is 0. The van der Waals surface area contributed by atoms with E-state index in [4.69, 9.17) is 4.42 Å². The number of nitrogens with one attached hydrogen (secondary N) is 1. The number of H-pyrrole nitrogens is 1. The van der Waals surface area contributed by atoms with Crippen molar-refractivity contribution in [1.82, 2.24) is 9.99 Å². The quantitative estimate of drug-likeness (QED) is 0.489. The average Bonchev–Trinajstić information content (AvgIpc) is 3.48. The molecule has 1 amide bonds. The Morgan fingerprint density at radius 2 is 1.94 bits per heavy atom. The molecule has 1 aliphatic rings. The van der Waals surface area contributed by atoms with E-state index in [0.29, 0.717) is 29.9 Å². The third-order valence-corrected chi connectivity index (χ3v) is 5.86. The van der Waals surface area contributed by atoms with Crippen molar-refractivity contribution in [3.63, 3.8) is 0 Å². The SMILES string of the molecule is CCC(=O)N1N=C(c2c(-c3ccccc3)c3cc(C)ccc3[nH]c2=O)C[C@@H]1c1ccco1. The summed E-state index contributed by atoms with van der Waals surface area (Å²) in [6, 6.07) is 19.1. The fourth-order valence-corrected chi connectivity index (χ4v) is 4.34. The van der Waals surface area contributed by atoms with Crippen LogP contribution in [0.4, 0.5) is 0 Å². The maximum absolute atomic E-state index is 13.4. The molecule has 0 saturated carbocycles. The molecule has 6 nitrogen and oxygen atoms in total. The van der Waals surface area contributed by atoms with Crippen LogP contribution in [0.15, 0.2) is 81.2 Å². The Labute approximate surface area is 185 Å². The van der Waals surface area contributed by atoms with E-state index in [1.165, 1.54) is 5.01 Å². The molecule has 6 heteroatoms. The zero-order valence-corrected chi connectivity index (χ0v) is 18.0. The molecule has 0 radical (unpaired) electrons. The summed E-state index contributed by atoms with van der Waals surface area (Å²) in [5.41, 5.74) is 4.48. The molecule has 32 heavy (non-hydrogen) atoms. The maximum atomic E-state index is 13.4. The molecule has 2 aromatic heterocycles. The van der Waals surface area contributed by atoms with E-state index in [2.05, 4.69) is 16.2 Å². The number of pyridine rings is 1. The number of benzene rings is 2. The summed E-state index contributed by atoms with van der Waals surface area (Å²) in [5, 5.41) is 7.07. The lowest BCUT2D eigenvalue weighted by molar-refractivity contribution is -0.133. The van der Waals surface area contributed by atoms with Gasteiger partial charge in [-0.05, 0) is 36.8 Å². The van der Waals surface area contributed by atoms with Crippen LogP contribution in [0.3, 0.4) is 0 Å². The molecule has 0 bridgehead atoms. The van der Waals surface area contributed by atoms with Crippen molar-refractivity contribution in [3.05, 3.63) is 94.2 Å². The maximum Gasteiger partial charge on any atom is 0.258 e. The molecule has 5 rings (SSSR count). The molecule has 0 saturated heterocycles. The first-order valence-corrected chi connectivity index (χ1v) is 10.7. The number of hydrogen-bond acceptors (Lipinski definition) is 4. The molecule has 1 aliphatic heterocycles. The van der Waals surface area contributed by atoms with Crippen molar-refractivity contribution in [2.45, 2.75) is 32.7 Å². The van der Waals surface area contributed by atoms with Crippen molar-refractivity contribution in [2.24, 2.45) is 5.10 Å². The van der Waals surface area contributed by atoms with Crippen LogP contribution in [0.2, 0.25) is 0 Å². The van der Waals surface area contributed by atoms with Gasteiger partial charge in [-0.2, -0.15) is 5.10 Å². The fourth-order valence-electron chi connectivity index (χ4n) is 4.34. The Bertz CT molecular complexity index is 1390. The van der Waals surface area contributed by atoms with Crippen LogP contribution < -0.4 is 5.56 Å². The van der Waals surface area contributed by atoms with E-state index in [0.717, 1.165) is 27.6 Å². The molecule has 1 atom stereocenters. The number of aryl methyl sites for hydroxylation is 1. The third-order valence-electron chi connectivity index (χ3n) is 5.86. The van der Waals surface area contributed by atoms with Gasteiger partial charge < -0.3 is 9.40 Å². The first-order valence-electron chi connectivity index (χ1n) is 10.7. The van der Waals surface area contributed by atoms with Crippen molar-refractivity contribution in [3.8, 4) is 11.1 Å². The van der Waals surface area contributed by atoms with Crippen molar-refractivity contribution < 1.29 is 9.21 Å². The number of nitrogens with zero attached hydrogens (tertiary/aromatic N) is 2. The molecule has 0 aliphatic carbocycles. The van der Waals surface area contributed by atoms with Gasteiger partial charge in [0.2, 0.25) is 5.91 Å². The van der Waals surface area contributed by atoms with E-state index in [1.807, 2.05) is 55.5 Å². The van der Waals surface area contributed by atoms with Gasteiger partial charge in [0.15, 0.2) is 0 Å². The number of rotatable bonds is 4. The molecule has 0 fully saturated rings. The van der Waals surface area contributed by atoms with Crippen molar-refractivity contribution in [1.29, 1.82) is 0 Å². The van der Waals surface area contributed by atoms with Crippen LogP contribution in [0, 0.1) is 6.92 Å². The van der Waals surface area contributed by atoms with E-state index < -0.39 is 0 Å². The van der Waals surface area contributed by atoms with Crippen molar-refractivity contribution in [2.75, 3.05) is 0 Å². The fraction of sp³-hybridized carbons (Fsp3) is 0.192. The number of carbonyl (C=O) groups excluding carboxylic acids is 1. The van der Waals surface area contributed by atoms with Crippen LogP contribution in [0.1, 0.15) is 42.7 Å². The Kier molecular flexibility index (Phi) is 4.98. The molecule has 1 N–H and O–H groups in total. The van der Waals surface area contributed by atoms with E-state index in [9.17, 15) is 9.59 Å². The largest absolute Gasteiger partial charge is 0.467 e. The number of carbonyl (C=O) groups is 1. The summed E-state index contributed by atoms with van der Waals surface area (Å²) in [4.78, 5) is 29.1. The van der Waals surface area contributed by atoms with Gasteiger partial charge in [0, 0.05) is 29.3 Å². The normalized spacial score (nSPS) is 15.9. The molecule has 0 spiro atoms. The second-order valence-electron chi connectivity index (χ2n) is 7.99. The van der Waals surface area contributed by atoms with E-state index in [1.54, 1.807) is 19.3 Å². The van der Waals surface area contributed by atoms with Gasteiger partial charge in [0.05, 0.1) is 17.5 Å². The first kappa shape index (κ1) is 20.0. The minimum Gasteiger partial charge on any atom is -0.467 e. The van der Waals surface area contributed by atoms with Gasteiger partial charge in [0.1, 0.15) is 11.8 Å². The van der Waals surface area contributed by atoms with Gasteiger partial charge in [0.25, 0.3) is 5.56 Å². The number of hydrogen-bond donors (Lipinski definition) is 1. The summed E-state index contributed by atoms with van der Waals surface area (Å²) in [6.07, 6.45) is 2.30. The highest BCUT2D eigenvalue weighted by Crippen LogP contribution is 2.37. The lowest BCUT2D eigenvalue weighted by Crippen LogP contribution is -2.25. The zero-order chi connectivity index (χ0) is 22.2. The predicted molar refractivity (Wildman–Crippen MR) is 124 cm³/mol. The van der Waals surface area contributed by atoms with Gasteiger partial charge >= 0.3 is 0 Å². The Morgan fingerprint density at radius 3 is 2.66 bits per heavy atom. The number of aromatic amines is 1. The van der Waals surface area contributed by atoms with Crippen LogP contribution >= 0.6 is 0 Å². The number of aromatic nitrogens is 1. The predicted octanol–water partition coefficient (Wildman–Crippen LogP) is 5.18. The standard InChI is InChI=1S/C26H23N3O3/c1-3-23(30)29-21(22-10-7-13-32-22)15-20(28-29)25-24(17-8-5-4-6-9-17)18-14-16(2)11-12-19(18)27-26(25)31/h4-14,21H,3,15H2,1-2H3,(H,27,31)/t21-/m1/s1. The molecule has 160 valence electrons. The van der Waals surface area contributed by atoms with Crippen molar-refractivity contribution >= 4 is 22.5 Å². The molecular weight excluding hydrogens is 402 g/mol. The van der Waals surface area contributed by atoms with Gasteiger partial charge in [-0.3, -0.25) is 9.59 Å². The summed E-state index contributed by atoms with van der Waals surface area (Å²) in [6.45, 7) is 3.83. The first-order chi connectivity index (χ1) is 15.6.